The Morgan fingerprint density at radius 2 is 1.81 bits per heavy atom. The van der Waals surface area contributed by atoms with Crippen molar-refractivity contribution in [1.29, 1.82) is 0 Å². The molecule has 0 atom stereocenters. The lowest BCUT2D eigenvalue weighted by molar-refractivity contribution is -0.113. The Bertz CT molecular complexity index is 880. The first-order valence-corrected chi connectivity index (χ1v) is 10.4. The van der Waals surface area contributed by atoms with Gasteiger partial charge in [-0.3, -0.25) is 4.79 Å². The standard InChI is InChI=1S/C19H20N4OS2/c1-14-21-22-19(23(14)12-15-8-4-3-5-9-15)26-13-18(24)20-16-10-6-7-11-17(16)25-2/h3-11H,12-13H2,1-2H3,(H,20,24). The van der Waals surface area contributed by atoms with Gasteiger partial charge < -0.3 is 9.88 Å². The van der Waals surface area contributed by atoms with Gasteiger partial charge in [-0.25, -0.2) is 0 Å². The number of hydrogen-bond acceptors (Lipinski definition) is 5. The zero-order valence-electron chi connectivity index (χ0n) is 14.7. The second-order valence-corrected chi connectivity index (χ2v) is 7.43. The molecule has 1 heterocycles. The van der Waals surface area contributed by atoms with Crippen LogP contribution in [-0.2, 0) is 11.3 Å². The minimum atomic E-state index is -0.0524. The fourth-order valence-corrected chi connectivity index (χ4v) is 3.82. The maximum Gasteiger partial charge on any atom is 0.234 e. The number of aromatic nitrogens is 3. The number of carbonyl (C=O) groups is 1. The van der Waals surface area contributed by atoms with Gasteiger partial charge in [0.15, 0.2) is 5.16 Å². The van der Waals surface area contributed by atoms with E-state index in [1.807, 2.05) is 60.2 Å². The summed E-state index contributed by atoms with van der Waals surface area (Å²) in [6.07, 6.45) is 1.99. The van der Waals surface area contributed by atoms with Gasteiger partial charge in [0, 0.05) is 4.90 Å². The summed E-state index contributed by atoms with van der Waals surface area (Å²) in [5, 5.41) is 12.1. The van der Waals surface area contributed by atoms with Gasteiger partial charge in [0.2, 0.25) is 5.91 Å². The van der Waals surface area contributed by atoms with Crippen LogP contribution in [0.25, 0.3) is 0 Å². The lowest BCUT2D eigenvalue weighted by Crippen LogP contribution is -2.15. The second-order valence-electron chi connectivity index (χ2n) is 5.64. The number of rotatable bonds is 7. The quantitative estimate of drug-likeness (QED) is 0.622. The minimum Gasteiger partial charge on any atom is -0.324 e. The molecule has 0 radical (unpaired) electrons. The molecule has 0 fully saturated rings. The van der Waals surface area contributed by atoms with Crippen LogP contribution < -0.4 is 5.32 Å². The van der Waals surface area contributed by atoms with Gasteiger partial charge in [-0.1, -0.05) is 54.2 Å². The summed E-state index contributed by atoms with van der Waals surface area (Å²) < 4.78 is 2.03. The lowest BCUT2D eigenvalue weighted by Gasteiger charge is -2.10. The van der Waals surface area contributed by atoms with Crippen molar-refractivity contribution in [2.45, 2.75) is 23.5 Å². The lowest BCUT2D eigenvalue weighted by atomic mass is 10.2. The SMILES string of the molecule is CSc1ccccc1NC(=O)CSc1nnc(C)n1Cc1ccccc1. The van der Waals surface area contributed by atoms with E-state index < -0.39 is 0 Å². The first-order valence-electron chi connectivity index (χ1n) is 8.17. The topological polar surface area (TPSA) is 59.8 Å². The molecule has 0 bridgehead atoms. The van der Waals surface area contributed by atoms with E-state index >= 15 is 0 Å². The Balaban J connectivity index is 1.64. The highest BCUT2D eigenvalue weighted by molar-refractivity contribution is 7.99. The third kappa shape index (κ3) is 4.68. The molecule has 0 aliphatic rings. The third-order valence-electron chi connectivity index (χ3n) is 3.80. The highest BCUT2D eigenvalue weighted by atomic mass is 32.2. The van der Waals surface area contributed by atoms with E-state index in [0.717, 1.165) is 21.6 Å². The van der Waals surface area contributed by atoms with Crippen LogP contribution in [0.4, 0.5) is 5.69 Å². The fraction of sp³-hybridized carbons (Fsp3) is 0.211. The van der Waals surface area contributed by atoms with E-state index in [2.05, 4.69) is 27.6 Å². The van der Waals surface area contributed by atoms with Crippen LogP contribution in [0.2, 0.25) is 0 Å². The van der Waals surface area contributed by atoms with Crippen molar-refractivity contribution in [2.75, 3.05) is 17.3 Å². The maximum atomic E-state index is 12.3. The molecule has 134 valence electrons. The molecule has 2 aromatic carbocycles. The number of aryl methyl sites for hydroxylation is 1. The molecule has 1 aromatic heterocycles. The Morgan fingerprint density at radius 3 is 2.58 bits per heavy atom. The van der Waals surface area contributed by atoms with Crippen molar-refractivity contribution < 1.29 is 4.79 Å². The average Bonchev–Trinajstić information content (AvgIpc) is 3.01. The predicted molar refractivity (Wildman–Crippen MR) is 108 cm³/mol. The summed E-state index contributed by atoms with van der Waals surface area (Å²) >= 11 is 3.01. The van der Waals surface area contributed by atoms with E-state index in [1.54, 1.807) is 11.8 Å². The van der Waals surface area contributed by atoms with Crippen molar-refractivity contribution in [3.63, 3.8) is 0 Å². The van der Waals surface area contributed by atoms with Gasteiger partial charge in [-0.2, -0.15) is 0 Å². The number of nitrogens with one attached hydrogen (secondary N) is 1. The zero-order valence-corrected chi connectivity index (χ0v) is 16.3. The van der Waals surface area contributed by atoms with Crippen molar-refractivity contribution in [1.82, 2.24) is 14.8 Å². The molecule has 0 saturated carbocycles. The molecule has 7 heteroatoms. The largest absolute Gasteiger partial charge is 0.324 e. The van der Waals surface area contributed by atoms with Crippen LogP contribution in [0.3, 0.4) is 0 Å². The first kappa shape index (κ1) is 18.5. The van der Waals surface area contributed by atoms with E-state index in [1.165, 1.54) is 17.3 Å². The number of thioether (sulfide) groups is 2. The Hall–Kier alpha value is -2.25. The maximum absolute atomic E-state index is 12.3. The zero-order chi connectivity index (χ0) is 18.4. The first-order chi connectivity index (χ1) is 12.7. The van der Waals surface area contributed by atoms with Gasteiger partial charge in [0.05, 0.1) is 18.0 Å². The number of anilines is 1. The van der Waals surface area contributed by atoms with Crippen LogP contribution in [0, 0.1) is 6.92 Å². The van der Waals surface area contributed by atoms with Crippen molar-refractivity contribution in [3.8, 4) is 0 Å². The fourth-order valence-electron chi connectivity index (χ4n) is 2.48. The Labute approximate surface area is 161 Å². The monoisotopic (exact) mass is 384 g/mol. The molecule has 0 spiro atoms. The van der Waals surface area contributed by atoms with Gasteiger partial charge in [0.1, 0.15) is 5.82 Å². The van der Waals surface area contributed by atoms with Gasteiger partial charge >= 0.3 is 0 Å². The van der Waals surface area contributed by atoms with Gasteiger partial charge in [0.25, 0.3) is 0 Å². The predicted octanol–water partition coefficient (Wildman–Crippen LogP) is 4.09. The van der Waals surface area contributed by atoms with E-state index in [9.17, 15) is 4.79 Å². The van der Waals surface area contributed by atoms with E-state index in [4.69, 9.17) is 0 Å². The van der Waals surface area contributed by atoms with Crippen molar-refractivity contribution in [3.05, 3.63) is 66.0 Å². The summed E-state index contributed by atoms with van der Waals surface area (Å²) in [5.41, 5.74) is 2.02. The summed E-state index contributed by atoms with van der Waals surface area (Å²) in [6.45, 7) is 2.62. The van der Waals surface area contributed by atoms with Crippen molar-refractivity contribution >= 4 is 35.1 Å². The Morgan fingerprint density at radius 1 is 1.08 bits per heavy atom. The molecule has 0 saturated heterocycles. The Kier molecular flexibility index (Phi) is 6.35. The molecule has 0 aliphatic carbocycles. The van der Waals surface area contributed by atoms with Crippen molar-refractivity contribution in [2.24, 2.45) is 0 Å². The van der Waals surface area contributed by atoms with Crippen LogP contribution in [-0.4, -0.2) is 32.7 Å². The molecule has 1 N–H and O–H groups in total. The molecule has 3 rings (SSSR count). The van der Waals surface area contributed by atoms with Gasteiger partial charge in [-0.05, 0) is 30.9 Å². The van der Waals surface area contributed by atoms with E-state index in [-0.39, 0.29) is 11.7 Å². The van der Waals surface area contributed by atoms with E-state index in [0.29, 0.717) is 6.54 Å². The molecule has 0 aliphatic heterocycles. The number of carbonyl (C=O) groups excluding carboxylic acids is 1. The van der Waals surface area contributed by atoms with Gasteiger partial charge in [-0.15, -0.1) is 22.0 Å². The summed E-state index contributed by atoms with van der Waals surface area (Å²) in [7, 11) is 0. The van der Waals surface area contributed by atoms with Crippen LogP contribution in [0.15, 0.2) is 64.6 Å². The molecule has 0 unspecified atom stereocenters. The third-order valence-corrected chi connectivity index (χ3v) is 5.56. The number of hydrogen-bond donors (Lipinski definition) is 1. The number of amides is 1. The highest BCUT2D eigenvalue weighted by Crippen LogP contribution is 2.25. The summed E-state index contributed by atoms with van der Waals surface area (Å²) in [5.74, 6) is 1.07. The molecule has 3 aromatic rings. The number of benzene rings is 2. The van der Waals surface area contributed by atoms with Crippen LogP contribution in [0.5, 0.6) is 0 Å². The second kappa shape index (κ2) is 8.91. The number of para-hydroxylation sites is 1. The number of nitrogens with zero attached hydrogens (tertiary/aromatic N) is 3. The smallest absolute Gasteiger partial charge is 0.234 e. The average molecular weight is 385 g/mol. The molecule has 1 amide bonds. The molecule has 26 heavy (non-hydrogen) atoms. The molecular weight excluding hydrogens is 364 g/mol. The van der Waals surface area contributed by atoms with Crippen LogP contribution >= 0.6 is 23.5 Å². The summed E-state index contributed by atoms with van der Waals surface area (Å²) in [4.78, 5) is 13.4. The highest BCUT2D eigenvalue weighted by Gasteiger charge is 2.13. The molecular formula is C19H20N4OS2. The van der Waals surface area contributed by atoms with Crippen LogP contribution in [0.1, 0.15) is 11.4 Å². The molecule has 5 nitrogen and oxygen atoms in total. The summed E-state index contributed by atoms with van der Waals surface area (Å²) in [6, 6.07) is 17.9. The normalized spacial score (nSPS) is 10.7. The minimum absolute atomic E-state index is 0.0524.